The second-order valence-electron chi connectivity index (χ2n) is 6.40. The Morgan fingerprint density at radius 3 is 2.47 bits per heavy atom. The highest BCUT2D eigenvalue weighted by atomic mass is 15.2. The van der Waals surface area contributed by atoms with Gasteiger partial charge in [-0.1, -0.05) is 26.0 Å². The topological polar surface area (TPSA) is 27.0 Å². The van der Waals surface area contributed by atoms with Gasteiger partial charge in [0.05, 0.1) is 6.07 Å². The first-order chi connectivity index (χ1) is 8.96. The molecule has 0 bridgehead atoms. The summed E-state index contributed by atoms with van der Waals surface area (Å²) in [6, 6.07) is 11.3. The summed E-state index contributed by atoms with van der Waals surface area (Å²) in [6.07, 6.45) is 1.78. The zero-order valence-electron chi connectivity index (χ0n) is 12.5. The molecule has 2 nitrogen and oxygen atoms in total. The maximum atomic E-state index is 8.94. The van der Waals surface area contributed by atoms with E-state index in [2.05, 4.69) is 62.9 Å². The Morgan fingerprint density at radius 2 is 1.95 bits per heavy atom. The third kappa shape index (κ3) is 2.61. The van der Waals surface area contributed by atoms with E-state index in [-0.39, 0.29) is 5.54 Å². The molecule has 0 aromatic heterocycles. The van der Waals surface area contributed by atoms with E-state index < -0.39 is 0 Å². The first-order valence-corrected chi connectivity index (χ1v) is 7.21. The van der Waals surface area contributed by atoms with Crippen molar-refractivity contribution >= 4 is 5.69 Å². The van der Waals surface area contributed by atoms with Gasteiger partial charge in [0.2, 0.25) is 0 Å². The Kier molecular flexibility index (Phi) is 3.85. The molecule has 0 spiro atoms. The van der Waals surface area contributed by atoms with Gasteiger partial charge in [-0.2, -0.15) is 5.26 Å². The molecule has 1 aliphatic heterocycles. The molecule has 19 heavy (non-hydrogen) atoms. The van der Waals surface area contributed by atoms with Crippen molar-refractivity contribution in [3.8, 4) is 6.07 Å². The van der Waals surface area contributed by atoms with Crippen LogP contribution in [0.1, 0.15) is 52.0 Å². The second-order valence-corrected chi connectivity index (χ2v) is 6.40. The monoisotopic (exact) mass is 256 g/mol. The van der Waals surface area contributed by atoms with Gasteiger partial charge in [-0.05, 0) is 49.8 Å². The molecule has 1 saturated heterocycles. The number of rotatable bonds is 3. The Morgan fingerprint density at radius 1 is 1.32 bits per heavy atom. The molecule has 1 unspecified atom stereocenters. The van der Waals surface area contributed by atoms with Crippen molar-refractivity contribution in [2.24, 2.45) is 5.92 Å². The summed E-state index contributed by atoms with van der Waals surface area (Å²) in [5.74, 6) is 1.05. The second kappa shape index (κ2) is 5.25. The quantitative estimate of drug-likeness (QED) is 0.805. The lowest BCUT2D eigenvalue weighted by atomic mass is 9.86. The predicted molar refractivity (Wildman–Crippen MR) is 80.3 cm³/mol. The van der Waals surface area contributed by atoms with Crippen LogP contribution in [0.4, 0.5) is 5.69 Å². The number of benzene rings is 1. The summed E-state index contributed by atoms with van der Waals surface area (Å²) in [5, 5.41) is 8.94. The Bertz CT molecular complexity index is 465. The molecule has 0 aliphatic carbocycles. The molecule has 0 saturated carbocycles. The summed E-state index contributed by atoms with van der Waals surface area (Å²) in [5.41, 5.74) is 2.75. The van der Waals surface area contributed by atoms with Crippen LogP contribution in [0.5, 0.6) is 0 Å². The highest BCUT2D eigenvalue weighted by Gasteiger charge is 2.40. The van der Waals surface area contributed by atoms with Crippen molar-refractivity contribution in [2.75, 3.05) is 11.4 Å². The van der Waals surface area contributed by atoms with Crippen molar-refractivity contribution in [1.82, 2.24) is 0 Å². The van der Waals surface area contributed by atoms with E-state index >= 15 is 0 Å². The van der Waals surface area contributed by atoms with Gasteiger partial charge >= 0.3 is 0 Å². The van der Waals surface area contributed by atoms with E-state index in [0.717, 1.165) is 13.0 Å². The fraction of sp³-hybridized carbons (Fsp3) is 0.588. The summed E-state index contributed by atoms with van der Waals surface area (Å²) >= 11 is 0. The highest BCUT2D eigenvalue weighted by Crippen LogP contribution is 2.39. The fourth-order valence-corrected chi connectivity index (χ4v) is 3.11. The first kappa shape index (κ1) is 13.9. The Balaban J connectivity index is 2.21. The van der Waals surface area contributed by atoms with Gasteiger partial charge in [-0.3, -0.25) is 0 Å². The van der Waals surface area contributed by atoms with E-state index in [1.807, 2.05) is 0 Å². The van der Waals surface area contributed by atoms with E-state index in [0.29, 0.717) is 18.3 Å². The van der Waals surface area contributed by atoms with Crippen LogP contribution in [0.15, 0.2) is 24.3 Å². The molecule has 1 aromatic rings. The molecule has 2 heteroatoms. The minimum absolute atomic E-state index is 0.0784. The maximum absolute atomic E-state index is 8.94. The van der Waals surface area contributed by atoms with Gasteiger partial charge in [0.15, 0.2) is 0 Å². The minimum Gasteiger partial charge on any atom is -0.366 e. The summed E-state index contributed by atoms with van der Waals surface area (Å²) in [6.45, 7) is 10.0. The number of nitriles is 1. The van der Waals surface area contributed by atoms with Crippen molar-refractivity contribution < 1.29 is 0 Å². The number of anilines is 1. The van der Waals surface area contributed by atoms with Crippen LogP contribution in [0.25, 0.3) is 0 Å². The van der Waals surface area contributed by atoms with Crippen LogP contribution < -0.4 is 4.90 Å². The zero-order valence-corrected chi connectivity index (χ0v) is 12.5. The van der Waals surface area contributed by atoms with Crippen LogP contribution >= 0.6 is 0 Å². The molecule has 1 aliphatic rings. The molecule has 102 valence electrons. The molecule has 0 radical (unpaired) electrons. The van der Waals surface area contributed by atoms with Gasteiger partial charge < -0.3 is 4.90 Å². The summed E-state index contributed by atoms with van der Waals surface area (Å²) in [4.78, 5) is 2.46. The largest absolute Gasteiger partial charge is 0.366 e. The van der Waals surface area contributed by atoms with Crippen molar-refractivity contribution in [3.05, 3.63) is 29.8 Å². The van der Waals surface area contributed by atoms with Gasteiger partial charge in [0, 0.05) is 24.2 Å². The lowest BCUT2D eigenvalue weighted by Gasteiger charge is -2.37. The molecular weight excluding hydrogens is 232 g/mol. The molecule has 1 heterocycles. The molecule has 1 fully saturated rings. The van der Waals surface area contributed by atoms with Crippen LogP contribution in [0.2, 0.25) is 0 Å². The Labute approximate surface area is 117 Å². The van der Waals surface area contributed by atoms with E-state index in [1.165, 1.54) is 11.3 Å². The van der Waals surface area contributed by atoms with Crippen LogP contribution in [0.3, 0.4) is 0 Å². The normalized spacial score (nSPS) is 21.7. The van der Waals surface area contributed by atoms with Crippen LogP contribution in [-0.4, -0.2) is 12.1 Å². The Hall–Kier alpha value is -1.49. The third-order valence-corrected chi connectivity index (χ3v) is 4.61. The number of hydrogen-bond donors (Lipinski definition) is 0. The third-order valence-electron chi connectivity index (χ3n) is 4.61. The van der Waals surface area contributed by atoms with Gasteiger partial charge in [0.25, 0.3) is 0 Å². The minimum atomic E-state index is 0.0784. The number of hydrogen-bond acceptors (Lipinski definition) is 2. The van der Waals surface area contributed by atoms with Crippen molar-refractivity contribution in [2.45, 2.75) is 52.0 Å². The van der Waals surface area contributed by atoms with E-state index in [4.69, 9.17) is 5.26 Å². The molecule has 2 rings (SSSR count). The smallest absolute Gasteiger partial charge is 0.0625 e. The van der Waals surface area contributed by atoms with Gasteiger partial charge in [0.1, 0.15) is 0 Å². The predicted octanol–water partition coefficient (Wildman–Crippen LogP) is 4.33. The molecule has 1 aromatic carbocycles. The zero-order chi connectivity index (χ0) is 14.0. The van der Waals surface area contributed by atoms with Crippen LogP contribution in [0, 0.1) is 17.2 Å². The lowest BCUT2D eigenvalue weighted by Crippen LogP contribution is -2.42. The highest BCUT2D eigenvalue weighted by molar-refractivity contribution is 5.51. The van der Waals surface area contributed by atoms with Crippen molar-refractivity contribution in [1.29, 1.82) is 5.26 Å². The number of nitrogens with zero attached hydrogens (tertiary/aromatic N) is 2. The lowest BCUT2D eigenvalue weighted by molar-refractivity contribution is 0.371. The van der Waals surface area contributed by atoms with E-state index in [1.54, 1.807) is 0 Å². The van der Waals surface area contributed by atoms with E-state index in [9.17, 15) is 0 Å². The summed E-state index contributed by atoms with van der Waals surface area (Å²) < 4.78 is 0. The SMILES string of the molecule is CC(C)c1ccc(N2CCC(CC#N)C2(C)C)cc1. The first-order valence-electron chi connectivity index (χ1n) is 7.21. The van der Waals surface area contributed by atoms with Gasteiger partial charge in [-0.25, -0.2) is 0 Å². The average molecular weight is 256 g/mol. The molecule has 0 amide bonds. The fourth-order valence-electron chi connectivity index (χ4n) is 3.11. The van der Waals surface area contributed by atoms with Crippen molar-refractivity contribution in [3.63, 3.8) is 0 Å². The maximum Gasteiger partial charge on any atom is 0.0625 e. The van der Waals surface area contributed by atoms with Crippen LogP contribution in [-0.2, 0) is 0 Å². The molecule has 1 atom stereocenters. The molecular formula is C17H24N2. The summed E-state index contributed by atoms with van der Waals surface area (Å²) in [7, 11) is 0. The standard InChI is InChI=1S/C17H24N2/c1-13(2)14-5-7-16(8-6-14)19-12-10-15(9-11-18)17(19,3)4/h5-8,13,15H,9-10,12H2,1-4H3. The average Bonchev–Trinajstić information content (AvgIpc) is 2.66. The molecule has 0 N–H and O–H groups in total. The van der Waals surface area contributed by atoms with Gasteiger partial charge in [-0.15, -0.1) is 0 Å².